The van der Waals surface area contributed by atoms with Crippen LogP contribution in [-0.4, -0.2) is 71.3 Å². The van der Waals surface area contributed by atoms with Crippen molar-refractivity contribution in [2.24, 2.45) is 29.1 Å². The number of fused-ring (bicyclic) bond motifs is 1. The van der Waals surface area contributed by atoms with Crippen LogP contribution in [0.1, 0.15) is 79.6 Å². The van der Waals surface area contributed by atoms with E-state index in [2.05, 4.69) is 36.4 Å². The van der Waals surface area contributed by atoms with Gasteiger partial charge in [-0.15, -0.1) is 6.58 Å². The predicted octanol–water partition coefficient (Wildman–Crippen LogP) is 2.71. The highest BCUT2D eigenvalue weighted by Gasteiger charge is 2.69. The van der Waals surface area contributed by atoms with Crippen molar-refractivity contribution in [3.8, 4) is 0 Å². The summed E-state index contributed by atoms with van der Waals surface area (Å²) in [7, 11) is 0. The number of carbonyl (C=O) groups is 5. The second-order valence-corrected chi connectivity index (χ2v) is 13.7. The number of hydrogen-bond acceptors (Lipinski definition) is 6. The number of amides is 4. The van der Waals surface area contributed by atoms with Gasteiger partial charge in [0, 0.05) is 13.1 Å². The highest BCUT2D eigenvalue weighted by molar-refractivity contribution is 6.38. The minimum atomic E-state index is -0.951. The number of nitrogens with one attached hydrogen (secondary N) is 3. The van der Waals surface area contributed by atoms with Gasteiger partial charge in [-0.1, -0.05) is 45.6 Å². The molecule has 1 heterocycles. The summed E-state index contributed by atoms with van der Waals surface area (Å²) in [4.78, 5) is 67.8. The number of likely N-dealkylation sites (tertiary alicyclic amines) is 1. The highest BCUT2D eigenvalue weighted by Crippen LogP contribution is 2.65. The molecule has 40 heavy (non-hydrogen) atoms. The van der Waals surface area contributed by atoms with Crippen LogP contribution in [0.2, 0.25) is 0 Å². The molecule has 0 aromatic carbocycles. The van der Waals surface area contributed by atoms with Crippen molar-refractivity contribution >= 4 is 29.6 Å². The van der Waals surface area contributed by atoms with Gasteiger partial charge in [-0.2, -0.15) is 0 Å². The number of rotatable bonds is 11. The van der Waals surface area contributed by atoms with Crippen LogP contribution < -0.4 is 16.0 Å². The van der Waals surface area contributed by atoms with Crippen molar-refractivity contribution in [2.75, 3.05) is 13.1 Å². The molecule has 1 saturated heterocycles. The van der Waals surface area contributed by atoms with E-state index in [-0.39, 0.29) is 41.5 Å². The first-order valence-corrected chi connectivity index (χ1v) is 14.8. The summed E-state index contributed by atoms with van der Waals surface area (Å²) in [5.41, 5.74) is -0.840. The first kappa shape index (κ1) is 30.1. The Morgan fingerprint density at radius 3 is 2.27 bits per heavy atom. The van der Waals surface area contributed by atoms with Gasteiger partial charge in [0.15, 0.2) is 0 Å². The Morgan fingerprint density at radius 1 is 1.05 bits per heavy atom. The quantitative estimate of drug-likeness (QED) is 0.264. The van der Waals surface area contributed by atoms with Gasteiger partial charge in [0.1, 0.15) is 17.7 Å². The van der Waals surface area contributed by atoms with Crippen LogP contribution >= 0.6 is 0 Å². The van der Waals surface area contributed by atoms with E-state index in [1.807, 2.05) is 0 Å². The molecule has 0 radical (unpaired) electrons. The highest BCUT2D eigenvalue weighted by atomic mass is 16.6. The lowest BCUT2D eigenvalue weighted by atomic mass is 9.94. The molecule has 222 valence electrons. The van der Waals surface area contributed by atoms with E-state index in [9.17, 15) is 24.0 Å². The molecule has 0 spiro atoms. The van der Waals surface area contributed by atoms with Crippen LogP contribution in [0.4, 0.5) is 4.79 Å². The van der Waals surface area contributed by atoms with E-state index in [1.165, 1.54) is 6.08 Å². The molecule has 4 rings (SSSR count). The molecule has 3 N–H and O–H groups in total. The number of carbonyl (C=O) groups excluding carboxylic acids is 5. The van der Waals surface area contributed by atoms with Gasteiger partial charge in [-0.3, -0.25) is 19.2 Å². The van der Waals surface area contributed by atoms with Crippen LogP contribution in [-0.2, 0) is 23.9 Å². The maximum atomic E-state index is 14.1. The lowest BCUT2D eigenvalue weighted by Gasteiger charge is -2.35. The van der Waals surface area contributed by atoms with E-state index in [1.54, 1.807) is 25.7 Å². The van der Waals surface area contributed by atoms with Gasteiger partial charge in [0.2, 0.25) is 17.6 Å². The molecule has 0 aromatic rings. The van der Waals surface area contributed by atoms with Crippen molar-refractivity contribution in [3.05, 3.63) is 12.7 Å². The molecule has 1 aliphatic heterocycles. The van der Waals surface area contributed by atoms with Crippen molar-refractivity contribution in [1.29, 1.82) is 0 Å². The Balaban J connectivity index is 1.53. The van der Waals surface area contributed by atoms with Crippen molar-refractivity contribution < 1.29 is 28.7 Å². The summed E-state index contributed by atoms with van der Waals surface area (Å²) < 4.78 is 5.47. The number of ether oxygens (including phenoxy) is 1. The molecule has 0 bridgehead atoms. The monoisotopic (exact) mass is 558 g/mol. The zero-order chi connectivity index (χ0) is 29.4. The summed E-state index contributed by atoms with van der Waals surface area (Å²) in [5.74, 6) is -1.79. The van der Waals surface area contributed by atoms with Crippen LogP contribution in [0.3, 0.4) is 0 Å². The van der Waals surface area contributed by atoms with Crippen LogP contribution in [0.25, 0.3) is 0 Å². The molecule has 4 fully saturated rings. The minimum absolute atomic E-state index is 0.0357. The number of piperidine rings is 1. The third-order valence-corrected chi connectivity index (χ3v) is 9.10. The molecule has 3 saturated carbocycles. The standard InChI is InChI=1S/C30H46N4O6/c1-7-14-31-26(37)24(35)20(15-17-12-13-17)32-25(36)23-21-19(30(21,5)6)16-34(23)27(38)22(18-10-8-9-11-18)33-28(39)40-29(2,3)4/h7,17-23H,1,8-16H2,2-6H3,(H,31,37)(H,32,36)(H,33,39)/t19?,20?,21?,22-,23-/m0/s1. The fourth-order valence-electron chi connectivity index (χ4n) is 6.68. The van der Waals surface area contributed by atoms with Gasteiger partial charge in [0.25, 0.3) is 5.91 Å². The Hall–Kier alpha value is -2.91. The number of nitrogens with zero attached hydrogens (tertiary/aromatic N) is 1. The summed E-state index contributed by atoms with van der Waals surface area (Å²) in [6.45, 7) is 13.6. The van der Waals surface area contributed by atoms with Gasteiger partial charge in [-0.05, 0) is 69.1 Å². The SMILES string of the molecule is C=CCNC(=O)C(=O)C(CC1CC1)NC(=O)[C@@H]1C2C(CN1C(=O)[C@@H](NC(=O)OC(C)(C)C)C1CCCC1)C2(C)C. The zero-order valence-corrected chi connectivity index (χ0v) is 24.6. The van der Waals surface area contributed by atoms with Crippen molar-refractivity contribution in [3.63, 3.8) is 0 Å². The normalized spacial score (nSPS) is 26.7. The topological polar surface area (TPSA) is 134 Å². The Bertz CT molecular complexity index is 1040. The summed E-state index contributed by atoms with van der Waals surface area (Å²) in [6.07, 6.45) is 6.73. The Labute approximate surface area is 237 Å². The van der Waals surface area contributed by atoms with E-state index < -0.39 is 47.4 Å². The number of hydrogen-bond donors (Lipinski definition) is 3. The molecule has 10 nitrogen and oxygen atoms in total. The molecule has 10 heteroatoms. The lowest BCUT2D eigenvalue weighted by molar-refractivity contribution is -0.144. The van der Waals surface area contributed by atoms with Gasteiger partial charge in [0.05, 0.1) is 6.04 Å². The van der Waals surface area contributed by atoms with Crippen LogP contribution in [0, 0.1) is 29.1 Å². The van der Waals surface area contributed by atoms with Crippen molar-refractivity contribution in [2.45, 2.75) is 103 Å². The predicted molar refractivity (Wildman–Crippen MR) is 149 cm³/mol. The van der Waals surface area contributed by atoms with Gasteiger partial charge >= 0.3 is 6.09 Å². The van der Waals surface area contributed by atoms with Crippen LogP contribution in [0.15, 0.2) is 12.7 Å². The number of alkyl carbamates (subject to hydrolysis) is 1. The lowest BCUT2D eigenvalue weighted by Crippen LogP contribution is -2.59. The van der Waals surface area contributed by atoms with Gasteiger partial charge in [-0.25, -0.2) is 4.79 Å². The molecule has 3 aliphatic carbocycles. The smallest absolute Gasteiger partial charge is 0.408 e. The second kappa shape index (κ2) is 11.5. The Morgan fingerprint density at radius 2 is 1.70 bits per heavy atom. The zero-order valence-electron chi connectivity index (χ0n) is 24.6. The second-order valence-electron chi connectivity index (χ2n) is 13.7. The summed E-state index contributed by atoms with van der Waals surface area (Å²) in [5, 5.41) is 8.21. The molecule has 3 unspecified atom stereocenters. The fraction of sp³-hybridized carbons (Fsp3) is 0.767. The van der Waals surface area contributed by atoms with E-state index in [0.29, 0.717) is 13.0 Å². The molecule has 4 aliphatic rings. The third kappa shape index (κ3) is 6.69. The average molecular weight is 559 g/mol. The molecule has 0 aromatic heterocycles. The van der Waals surface area contributed by atoms with Crippen molar-refractivity contribution in [1.82, 2.24) is 20.9 Å². The summed E-state index contributed by atoms with van der Waals surface area (Å²) in [6, 6.07) is -2.52. The Kier molecular flexibility index (Phi) is 8.66. The first-order valence-electron chi connectivity index (χ1n) is 14.8. The first-order chi connectivity index (χ1) is 18.7. The number of Topliss-reactive ketones (excluding diaryl/α,β-unsaturated/α-hetero) is 1. The average Bonchev–Trinajstić information content (AvgIpc) is 3.57. The maximum absolute atomic E-state index is 14.1. The number of ketones is 1. The largest absolute Gasteiger partial charge is 0.444 e. The maximum Gasteiger partial charge on any atom is 0.408 e. The third-order valence-electron chi connectivity index (χ3n) is 9.10. The van der Waals surface area contributed by atoms with E-state index in [4.69, 9.17) is 4.74 Å². The molecular weight excluding hydrogens is 512 g/mol. The molecular formula is C30H46N4O6. The molecule has 4 amide bonds. The minimum Gasteiger partial charge on any atom is -0.444 e. The summed E-state index contributed by atoms with van der Waals surface area (Å²) >= 11 is 0. The van der Waals surface area contributed by atoms with Gasteiger partial charge < -0.3 is 25.6 Å². The van der Waals surface area contributed by atoms with E-state index >= 15 is 0 Å². The fourth-order valence-corrected chi connectivity index (χ4v) is 6.68. The molecule has 5 atom stereocenters. The van der Waals surface area contributed by atoms with Crippen LogP contribution in [0.5, 0.6) is 0 Å². The van der Waals surface area contributed by atoms with E-state index in [0.717, 1.165) is 38.5 Å².